The van der Waals surface area contributed by atoms with E-state index >= 15 is 0 Å². The molecule has 0 unspecified atom stereocenters. The highest BCUT2D eigenvalue weighted by Crippen LogP contribution is 2.20. The molecule has 0 aliphatic carbocycles. The van der Waals surface area contributed by atoms with Crippen LogP contribution in [0.1, 0.15) is 16.1 Å². The fourth-order valence-corrected chi connectivity index (χ4v) is 3.37. The van der Waals surface area contributed by atoms with Gasteiger partial charge in [-0.2, -0.15) is 5.10 Å². The Balaban J connectivity index is 1.65. The Bertz CT molecular complexity index is 1270. The van der Waals surface area contributed by atoms with Gasteiger partial charge in [0.2, 0.25) is 0 Å². The van der Waals surface area contributed by atoms with Crippen LogP contribution in [0, 0.1) is 0 Å². The molecule has 2 aromatic carbocycles. The Kier molecular flexibility index (Phi) is 4.82. The molecule has 2 heterocycles. The Labute approximate surface area is 164 Å². The fraction of sp³-hybridized carbons (Fsp3) is 0.143. The van der Waals surface area contributed by atoms with E-state index in [1.165, 1.54) is 7.11 Å². The molecule has 4 rings (SSSR count). The highest BCUT2D eigenvalue weighted by molar-refractivity contribution is 6.05. The average Bonchev–Trinajstić information content (AvgIpc) is 3.16. The van der Waals surface area contributed by atoms with E-state index in [0.717, 1.165) is 16.5 Å². The molecule has 2 aromatic heterocycles. The van der Waals surface area contributed by atoms with Crippen LogP contribution in [-0.2, 0) is 16.0 Å². The van der Waals surface area contributed by atoms with Gasteiger partial charge < -0.3 is 15.0 Å². The number of hydrogen-bond donors (Lipinski definition) is 3. The molecule has 0 aliphatic rings. The number of methoxy groups -OCH3 is 1. The predicted octanol–water partition coefficient (Wildman–Crippen LogP) is 1.92. The third kappa shape index (κ3) is 3.47. The normalized spacial score (nSPS) is 12.0. The van der Waals surface area contributed by atoms with Gasteiger partial charge in [-0.3, -0.25) is 9.59 Å². The van der Waals surface area contributed by atoms with Crippen molar-refractivity contribution >= 4 is 33.6 Å². The summed E-state index contributed by atoms with van der Waals surface area (Å²) in [5.74, 6) is -1.15. The molecule has 0 aliphatic heterocycles. The quantitative estimate of drug-likeness (QED) is 0.450. The van der Waals surface area contributed by atoms with Gasteiger partial charge in [0.25, 0.3) is 11.5 Å². The van der Waals surface area contributed by atoms with Gasteiger partial charge in [0.1, 0.15) is 6.04 Å². The number of rotatable bonds is 5. The second kappa shape index (κ2) is 7.59. The second-order valence-electron chi connectivity index (χ2n) is 6.56. The van der Waals surface area contributed by atoms with Gasteiger partial charge in [0.15, 0.2) is 5.69 Å². The summed E-state index contributed by atoms with van der Waals surface area (Å²) in [6, 6.07) is 13.4. The maximum atomic E-state index is 12.9. The fourth-order valence-electron chi connectivity index (χ4n) is 3.37. The lowest BCUT2D eigenvalue weighted by molar-refractivity contribution is -0.142. The largest absolute Gasteiger partial charge is 0.467 e. The van der Waals surface area contributed by atoms with Crippen molar-refractivity contribution in [1.82, 2.24) is 20.5 Å². The molecule has 0 saturated heterocycles. The van der Waals surface area contributed by atoms with E-state index in [1.54, 1.807) is 30.5 Å². The summed E-state index contributed by atoms with van der Waals surface area (Å²) in [7, 11) is 1.27. The first-order chi connectivity index (χ1) is 14.1. The number of benzene rings is 2. The number of carbonyl (C=O) groups is 2. The van der Waals surface area contributed by atoms with Crippen molar-refractivity contribution in [2.24, 2.45) is 0 Å². The number of nitrogens with one attached hydrogen (secondary N) is 3. The van der Waals surface area contributed by atoms with Crippen LogP contribution in [0.15, 0.2) is 59.5 Å². The number of nitrogens with zero attached hydrogens (tertiary/aromatic N) is 1. The number of esters is 1. The number of H-pyrrole nitrogens is 2. The van der Waals surface area contributed by atoms with Gasteiger partial charge in [0, 0.05) is 28.9 Å². The molecule has 8 heteroatoms. The minimum atomic E-state index is -0.917. The van der Waals surface area contributed by atoms with E-state index in [4.69, 9.17) is 4.74 Å². The van der Waals surface area contributed by atoms with Crippen molar-refractivity contribution in [3.05, 3.63) is 76.3 Å². The van der Waals surface area contributed by atoms with E-state index < -0.39 is 17.9 Å². The van der Waals surface area contributed by atoms with E-state index in [-0.39, 0.29) is 17.7 Å². The molecular weight excluding hydrogens is 372 g/mol. The number of amides is 1. The lowest BCUT2D eigenvalue weighted by Crippen LogP contribution is -2.43. The van der Waals surface area contributed by atoms with Crippen molar-refractivity contribution in [3.63, 3.8) is 0 Å². The summed E-state index contributed by atoms with van der Waals surface area (Å²) < 4.78 is 4.87. The first-order valence-corrected chi connectivity index (χ1v) is 8.99. The lowest BCUT2D eigenvalue weighted by atomic mass is 10.0. The van der Waals surface area contributed by atoms with Crippen LogP contribution in [0.25, 0.3) is 21.7 Å². The average molecular weight is 390 g/mol. The summed E-state index contributed by atoms with van der Waals surface area (Å²) in [6.07, 6.45) is 2.05. The zero-order valence-corrected chi connectivity index (χ0v) is 15.6. The Morgan fingerprint density at radius 1 is 1.07 bits per heavy atom. The molecule has 29 heavy (non-hydrogen) atoms. The first-order valence-electron chi connectivity index (χ1n) is 8.99. The molecule has 0 fully saturated rings. The van der Waals surface area contributed by atoms with Crippen LogP contribution in [0.3, 0.4) is 0 Å². The summed E-state index contributed by atoms with van der Waals surface area (Å²) in [6.45, 7) is 0. The van der Waals surface area contributed by atoms with Crippen molar-refractivity contribution in [1.29, 1.82) is 0 Å². The molecule has 4 aromatic rings. The number of para-hydroxylation sites is 1. The highest BCUT2D eigenvalue weighted by Gasteiger charge is 2.25. The van der Waals surface area contributed by atoms with Crippen LogP contribution >= 0.6 is 0 Å². The predicted molar refractivity (Wildman–Crippen MR) is 108 cm³/mol. The van der Waals surface area contributed by atoms with Gasteiger partial charge >= 0.3 is 5.97 Å². The molecule has 1 atom stereocenters. The third-order valence-electron chi connectivity index (χ3n) is 4.80. The minimum Gasteiger partial charge on any atom is -0.467 e. The number of aromatic nitrogens is 3. The van der Waals surface area contributed by atoms with Gasteiger partial charge in [-0.15, -0.1) is 0 Å². The molecule has 0 radical (unpaired) electrons. The van der Waals surface area contributed by atoms with Crippen LogP contribution in [0.5, 0.6) is 0 Å². The standard InChI is InChI=1S/C21H18N4O4/c1-29-21(28)17(10-12-11-22-16-9-5-4-6-13(12)16)23-20(27)18-14-7-2-3-8-15(14)19(26)25-24-18/h2-9,11,17,22H,10H2,1H3,(H,23,27)(H,25,26)/t17-/m0/s1. The number of aromatic amines is 2. The second-order valence-corrected chi connectivity index (χ2v) is 6.56. The molecule has 0 bridgehead atoms. The summed E-state index contributed by atoms with van der Waals surface area (Å²) >= 11 is 0. The Morgan fingerprint density at radius 3 is 2.52 bits per heavy atom. The smallest absolute Gasteiger partial charge is 0.328 e. The monoisotopic (exact) mass is 390 g/mol. The summed E-state index contributed by atoms with van der Waals surface area (Å²) in [4.78, 5) is 40.3. The van der Waals surface area contributed by atoms with E-state index in [9.17, 15) is 14.4 Å². The number of hydrogen-bond acceptors (Lipinski definition) is 5. The Morgan fingerprint density at radius 2 is 1.76 bits per heavy atom. The topological polar surface area (TPSA) is 117 Å². The number of carbonyl (C=O) groups excluding carboxylic acids is 2. The van der Waals surface area contributed by atoms with Gasteiger partial charge in [-0.1, -0.05) is 36.4 Å². The van der Waals surface area contributed by atoms with Crippen LogP contribution in [-0.4, -0.2) is 40.2 Å². The van der Waals surface area contributed by atoms with E-state index in [2.05, 4.69) is 20.5 Å². The molecular formula is C21H18N4O4. The molecule has 8 nitrogen and oxygen atoms in total. The van der Waals surface area contributed by atoms with E-state index in [1.807, 2.05) is 24.3 Å². The highest BCUT2D eigenvalue weighted by atomic mass is 16.5. The molecule has 0 saturated carbocycles. The van der Waals surface area contributed by atoms with Gasteiger partial charge in [-0.25, -0.2) is 9.89 Å². The van der Waals surface area contributed by atoms with E-state index in [0.29, 0.717) is 10.8 Å². The lowest BCUT2D eigenvalue weighted by Gasteiger charge is -2.16. The van der Waals surface area contributed by atoms with Gasteiger partial charge in [0.05, 0.1) is 12.5 Å². The van der Waals surface area contributed by atoms with Crippen LogP contribution < -0.4 is 10.9 Å². The van der Waals surface area contributed by atoms with Crippen molar-refractivity contribution < 1.29 is 14.3 Å². The van der Waals surface area contributed by atoms with Crippen LogP contribution in [0.4, 0.5) is 0 Å². The molecule has 0 spiro atoms. The van der Waals surface area contributed by atoms with Crippen LogP contribution in [0.2, 0.25) is 0 Å². The maximum absolute atomic E-state index is 12.9. The minimum absolute atomic E-state index is 0.0352. The maximum Gasteiger partial charge on any atom is 0.328 e. The SMILES string of the molecule is COC(=O)[C@H](Cc1c[nH]c2ccccc12)NC(=O)c1n[nH]c(=O)c2ccccc12. The molecule has 3 N–H and O–H groups in total. The van der Waals surface area contributed by atoms with Crippen molar-refractivity contribution in [2.45, 2.75) is 12.5 Å². The first kappa shape index (κ1) is 18.4. The zero-order valence-electron chi connectivity index (χ0n) is 15.6. The zero-order chi connectivity index (χ0) is 20.4. The molecule has 146 valence electrons. The van der Waals surface area contributed by atoms with Crippen molar-refractivity contribution in [3.8, 4) is 0 Å². The summed E-state index contributed by atoms with van der Waals surface area (Å²) in [5, 5.41) is 10.6. The van der Waals surface area contributed by atoms with Crippen molar-refractivity contribution in [2.75, 3.05) is 7.11 Å². The Hall–Kier alpha value is -3.94. The number of fused-ring (bicyclic) bond motifs is 2. The molecule has 1 amide bonds. The third-order valence-corrected chi connectivity index (χ3v) is 4.80. The number of ether oxygens (including phenoxy) is 1. The summed E-state index contributed by atoms with van der Waals surface area (Å²) in [5.41, 5.74) is 1.45. The van der Waals surface area contributed by atoms with Gasteiger partial charge in [-0.05, 0) is 17.7 Å².